The first kappa shape index (κ1) is 15.1. The summed E-state index contributed by atoms with van der Waals surface area (Å²) in [5, 5.41) is 10.9. The maximum absolute atomic E-state index is 11.7. The summed E-state index contributed by atoms with van der Waals surface area (Å²) in [5.41, 5.74) is 6.47. The number of para-hydroxylation sites is 1. The second-order valence-electron chi connectivity index (χ2n) is 3.75. The minimum atomic E-state index is -0.231. The van der Waals surface area contributed by atoms with Gasteiger partial charge in [0.25, 0.3) is 5.91 Å². The van der Waals surface area contributed by atoms with Gasteiger partial charge in [-0.3, -0.25) is 4.79 Å². The van der Waals surface area contributed by atoms with Gasteiger partial charge in [0.1, 0.15) is 0 Å². The second kappa shape index (κ2) is 7.50. The largest absolute Gasteiger partial charge is 0.351 e. The molecule has 0 fully saturated rings. The Hall–Kier alpha value is -1.92. The quantitative estimate of drug-likeness (QED) is 0.793. The predicted molar refractivity (Wildman–Crippen MR) is 74.6 cm³/mol. The van der Waals surface area contributed by atoms with Crippen molar-refractivity contribution in [2.75, 3.05) is 13.1 Å². The van der Waals surface area contributed by atoms with Crippen LogP contribution >= 0.6 is 12.4 Å². The molecule has 1 amide bonds. The maximum Gasteiger partial charge on any atom is 0.273 e. The molecule has 2 rings (SSSR count). The minimum absolute atomic E-state index is 0. The van der Waals surface area contributed by atoms with Gasteiger partial charge in [-0.1, -0.05) is 18.2 Å². The van der Waals surface area contributed by atoms with E-state index in [9.17, 15) is 4.79 Å². The molecule has 19 heavy (non-hydrogen) atoms. The highest BCUT2D eigenvalue weighted by Gasteiger charge is 2.10. The molecule has 102 valence electrons. The average Bonchev–Trinajstić information content (AvgIpc) is 2.89. The van der Waals surface area contributed by atoms with E-state index in [0.717, 1.165) is 12.1 Å². The number of nitrogens with one attached hydrogen (secondary N) is 1. The third kappa shape index (κ3) is 4.04. The number of rotatable bonds is 5. The maximum atomic E-state index is 11.7. The molecule has 1 aromatic carbocycles. The highest BCUT2D eigenvalue weighted by Crippen LogP contribution is 2.03. The van der Waals surface area contributed by atoms with Crippen molar-refractivity contribution in [1.82, 2.24) is 20.3 Å². The summed E-state index contributed by atoms with van der Waals surface area (Å²) in [4.78, 5) is 13.1. The lowest BCUT2D eigenvalue weighted by atomic mass is 10.3. The molecule has 0 atom stereocenters. The van der Waals surface area contributed by atoms with Gasteiger partial charge in [0, 0.05) is 6.54 Å². The summed E-state index contributed by atoms with van der Waals surface area (Å²) in [6.45, 7) is 1.10. The highest BCUT2D eigenvalue weighted by atomic mass is 35.5. The van der Waals surface area contributed by atoms with E-state index in [1.807, 2.05) is 30.3 Å². The van der Waals surface area contributed by atoms with E-state index < -0.39 is 0 Å². The molecular weight excluding hydrogens is 266 g/mol. The van der Waals surface area contributed by atoms with E-state index in [1.54, 1.807) is 0 Å². The number of amides is 1. The van der Waals surface area contributed by atoms with Gasteiger partial charge in [0.2, 0.25) is 0 Å². The number of nitrogens with zero attached hydrogens (tertiary/aromatic N) is 3. The summed E-state index contributed by atoms with van der Waals surface area (Å²) >= 11 is 0. The lowest BCUT2D eigenvalue weighted by Gasteiger charge is -2.00. The number of carbonyl (C=O) groups is 1. The van der Waals surface area contributed by atoms with Crippen molar-refractivity contribution in [1.29, 1.82) is 0 Å². The first-order valence-electron chi connectivity index (χ1n) is 5.77. The Labute approximate surface area is 117 Å². The van der Waals surface area contributed by atoms with Gasteiger partial charge in [0.05, 0.1) is 11.9 Å². The van der Waals surface area contributed by atoms with E-state index in [0.29, 0.717) is 18.8 Å². The first-order valence-corrected chi connectivity index (χ1v) is 5.77. The van der Waals surface area contributed by atoms with Crippen LogP contribution in [0.25, 0.3) is 5.69 Å². The number of carbonyl (C=O) groups excluding carboxylic acids is 1. The fourth-order valence-electron chi connectivity index (χ4n) is 1.45. The molecule has 0 aliphatic rings. The lowest BCUT2D eigenvalue weighted by molar-refractivity contribution is 0.0948. The summed E-state index contributed by atoms with van der Waals surface area (Å²) in [7, 11) is 0. The van der Waals surface area contributed by atoms with Crippen LogP contribution in [0, 0.1) is 0 Å². The monoisotopic (exact) mass is 281 g/mol. The number of aromatic nitrogens is 3. The molecule has 0 radical (unpaired) electrons. The molecule has 0 bridgehead atoms. The van der Waals surface area contributed by atoms with Crippen molar-refractivity contribution in [2.45, 2.75) is 6.42 Å². The molecule has 7 heteroatoms. The Kier molecular flexibility index (Phi) is 5.98. The van der Waals surface area contributed by atoms with Crippen LogP contribution in [0.5, 0.6) is 0 Å². The van der Waals surface area contributed by atoms with E-state index in [2.05, 4.69) is 15.5 Å². The van der Waals surface area contributed by atoms with Gasteiger partial charge in [-0.15, -0.1) is 17.5 Å². The van der Waals surface area contributed by atoms with Crippen molar-refractivity contribution in [3.8, 4) is 5.69 Å². The fraction of sp³-hybridized carbons (Fsp3) is 0.250. The van der Waals surface area contributed by atoms with E-state index >= 15 is 0 Å². The number of hydrogen-bond acceptors (Lipinski definition) is 4. The minimum Gasteiger partial charge on any atom is -0.351 e. The van der Waals surface area contributed by atoms with E-state index in [-0.39, 0.29) is 18.3 Å². The lowest BCUT2D eigenvalue weighted by Crippen LogP contribution is -2.26. The van der Waals surface area contributed by atoms with Crippen LogP contribution in [0.2, 0.25) is 0 Å². The normalized spacial score (nSPS) is 9.74. The molecular formula is C12H16ClN5O. The summed E-state index contributed by atoms with van der Waals surface area (Å²) in [6, 6.07) is 9.43. The Morgan fingerprint density at radius 1 is 1.32 bits per heavy atom. The van der Waals surface area contributed by atoms with Crippen molar-refractivity contribution in [3.05, 3.63) is 42.2 Å². The third-order valence-electron chi connectivity index (χ3n) is 2.38. The van der Waals surface area contributed by atoms with Gasteiger partial charge in [-0.05, 0) is 25.1 Å². The molecule has 6 nitrogen and oxygen atoms in total. The standard InChI is InChI=1S/C12H15N5O.ClH/c13-7-4-8-14-12(18)11-9-15-17(16-11)10-5-2-1-3-6-10;/h1-3,5-6,9H,4,7-8,13H2,(H,14,18);1H. The van der Waals surface area contributed by atoms with E-state index in [1.165, 1.54) is 11.0 Å². The molecule has 2 aromatic rings. The molecule has 0 aliphatic heterocycles. The molecule has 0 saturated heterocycles. The van der Waals surface area contributed by atoms with Gasteiger partial charge in [-0.25, -0.2) is 0 Å². The Morgan fingerprint density at radius 3 is 2.74 bits per heavy atom. The third-order valence-corrected chi connectivity index (χ3v) is 2.38. The fourth-order valence-corrected chi connectivity index (χ4v) is 1.45. The first-order chi connectivity index (χ1) is 8.81. The van der Waals surface area contributed by atoms with E-state index in [4.69, 9.17) is 5.73 Å². The van der Waals surface area contributed by atoms with Crippen LogP contribution in [0.3, 0.4) is 0 Å². The van der Waals surface area contributed by atoms with Crippen molar-refractivity contribution >= 4 is 18.3 Å². The van der Waals surface area contributed by atoms with Gasteiger partial charge >= 0.3 is 0 Å². The highest BCUT2D eigenvalue weighted by molar-refractivity contribution is 5.91. The topological polar surface area (TPSA) is 85.8 Å². The molecule has 1 aromatic heterocycles. The Morgan fingerprint density at radius 2 is 2.05 bits per heavy atom. The molecule has 3 N–H and O–H groups in total. The zero-order valence-corrected chi connectivity index (χ0v) is 11.1. The SMILES string of the molecule is Cl.NCCCNC(=O)c1cnn(-c2ccccc2)n1. The summed E-state index contributed by atoms with van der Waals surface area (Å²) in [5.74, 6) is -0.231. The van der Waals surface area contributed by atoms with Crippen molar-refractivity contribution in [2.24, 2.45) is 5.73 Å². The van der Waals surface area contributed by atoms with Crippen LogP contribution in [0.1, 0.15) is 16.9 Å². The molecule has 0 aliphatic carbocycles. The van der Waals surface area contributed by atoms with Crippen molar-refractivity contribution in [3.63, 3.8) is 0 Å². The van der Waals surface area contributed by atoms with Crippen LogP contribution in [-0.4, -0.2) is 34.0 Å². The number of nitrogens with two attached hydrogens (primary N) is 1. The van der Waals surface area contributed by atoms with Gasteiger partial charge < -0.3 is 11.1 Å². The zero-order valence-electron chi connectivity index (χ0n) is 10.3. The van der Waals surface area contributed by atoms with Crippen LogP contribution in [-0.2, 0) is 0 Å². The van der Waals surface area contributed by atoms with Gasteiger partial charge in [-0.2, -0.15) is 9.90 Å². The van der Waals surface area contributed by atoms with Gasteiger partial charge in [0.15, 0.2) is 5.69 Å². The predicted octanol–water partition coefficient (Wildman–Crippen LogP) is 0.768. The van der Waals surface area contributed by atoms with Crippen LogP contribution in [0.15, 0.2) is 36.5 Å². The number of halogens is 1. The summed E-state index contributed by atoms with van der Waals surface area (Å²) < 4.78 is 0. The molecule has 1 heterocycles. The summed E-state index contributed by atoms with van der Waals surface area (Å²) in [6.07, 6.45) is 2.20. The Balaban J connectivity index is 0.00000180. The number of benzene rings is 1. The van der Waals surface area contributed by atoms with Crippen molar-refractivity contribution < 1.29 is 4.79 Å². The van der Waals surface area contributed by atoms with Crippen LogP contribution in [0.4, 0.5) is 0 Å². The molecule has 0 spiro atoms. The Bertz CT molecular complexity index is 514. The number of hydrogen-bond donors (Lipinski definition) is 2. The molecule has 0 unspecified atom stereocenters. The average molecular weight is 282 g/mol. The second-order valence-corrected chi connectivity index (χ2v) is 3.75. The smallest absolute Gasteiger partial charge is 0.273 e. The van der Waals surface area contributed by atoms with Crippen LogP contribution < -0.4 is 11.1 Å². The molecule has 0 saturated carbocycles. The zero-order chi connectivity index (χ0) is 12.8.